The molecule has 0 saturated carbocycles. The van der Waals surface area contributed by atoms with Crippen LogP contribution < -0.4 is 5.56 Å². The van der Waals surface area contributed by atoms with Gasteiger partial charge in [-0.25, -0.2) is 9.97 Å². The first kappa shape index (κ1) is 11.9. The molecule has 0 N–H and O–H groups in total. The SMILES string of the molecule is Cn1c(=O)ccc2nc(Cl)c(-c3ccccc3)nc21. The molecule has 3 aromatic rings. The molecule has 2 aromatic heterocycles. The van der Waals surface area contributed by atoms with Gasteiger partial charge in [0.1, 0.15) is 11.2 Å². The molecule has 0 fully saturated rings. The zero-order valence-electron chi connectivity index (χ0n) is 10.2. The van der Waals surface area contributed by atoms with Gasteiger partial charge in [-0.3, -0.25) is 9.36 Å². The second-order valence-corrected chi connectivity index (χ2v) is 4.53. The van der Waals surface area contributed by atoms with Gasteiger partial charge in [0.25, 0.3) is 5.56 Å². The molecule has 0 aliphatic heterocycles. The van der Waals surface area contributed by atoms with E-state index in [1.165, 1.54) is 10.6 Å². The summed E-state index contributed by atoms with van der Waals surface area (Å²) in [6.45, 7) is 0. The van der Waals surface area contributed by atoms with E-state index in [2.05, 4.69) is 9.97 Å². The summed E-state index contributed by atoms with van der Waals surface area (Å²) in [5.41, 5.74) is 2.46. The lowest BCUT2D eigenvalue weighted by atomic mass is 10.1. The third-order valence-electron chi connectivity index (χ3n) is 2.94. The highest BCUT2D eigenvalue weighted by molar-refractivity contribution is 6.32. The van der Waals surface area contributed by atoms with Gasteiger partial charge in [-0.05, 0) is 6.07 Å². The van der Waals surface area contributed by atoms with Crippen molar-refractivity contribution in [3.8, 4) is 11.3 Å². The predicted octanol–water partition coefficient (Wildman–Crippen LogP) is 2.65. The van der Waals surface area contributed by atoms with Gasteiger partial charge in [0.15, 0.2) is 10.8 Å². The van der Waals surface area contributed by atoms with E-state index < -0.39 is 0 Å². The van der Waals surface area contributed by atoms with Crippen LogP contribution >= 0.6 is 11.6 Å². The van der Waals surface area contributed by atoms with Crippen LogP contribution in [0.5, 0.6) is 0 Å². The van der Waals surface area contributed by atoms with E-state index in [9.17, 15) is 4.79 Å². The Morgan fingerprint density at radius 3 is 2.53 bits per heavy atom. The third kappa shape index (κ3) is 2.00. The number of aromatic nitrogens is 3. The minimum absolute atomic E-state index is 0.122. The van der Waals surface area contributed by atoms with Crippen LogP contribution in [-0.2, 0) is 7.05 Å². The zero-order chi connectivity index (χ0) is 13.4. The molecule has 0 radical (unpaired) electrons. The number of hydrogen-bond donors (Lipinski definition) is 0. The van der Waals surface area contributed by atoms with Crippen LogP contribution in [0.25, 0.3) is 22.4 Å². The quantitative estimate of drug-likeness (QED) is 0.684. The molecule has 0 unspecified atom stereocenters. The largest absolute Gasteiger partial charge is 0.295 e. The number of pyridine rings is 1. The van der Waals surface area contributed by atoms with Crippen LogP contribution in [0, 0.1) is 0 Å². The van der Waals surface area contributed by atoms with Crippen molar-refractivity contribution < 1.29 is 0 Å². The first-order chi connectivity index (χ1) is 9.16. The number of rotatable bonds is 1. The fourth-order valence-corrected chi connectivity index (χ4v) is 2.17. The summed E-state index contributed by atoms with van der Waals surface area (Å²) in [5.74, 6) is 0. The molecule has 3 rings (SSSR count). The Labute approximate surface area is 114 Å². The van der Waals surface area contributed by atoms with Crippen molar-refractivity contribution in [2.75, 3.05) is 0 Å². The molecular weight excluding hydrogens is 262 g/mol. The van der Waals surface area contributed by atoms with Crippen molar-refractivity contribution in [2.45, 2.75) is 0 Å². The Kier molecular flexibility index (Phi) is 2.80. The van der Waals surface area contributed by atoms with Gasteiger partial charge in [-0.1, -0.05) is 41.9 Å². The third-order valence-corrected chi connectivity index (χ3v) is 3.20. The maximum atomic E-state index is 11.6. The Balaban J connectivity index is 2.36. The van der Waals surface area contributed by atoms with Crippen molar-refractivity contribution in [1.82, 2.24) is 14.5 Å². The average Bonchev–Trinajstić information content (AvgIpc) is 2.44. The van der Waals surface area contributed by atoms with Crippen LogP contribution in [-0.4, -0.2) is 14.5 Å². The van der Waals surface area contributed by atoms with Crippen LogP contribution in [0.15, 0.2) is 47.3 Å². The van der Waals surface area contributed by atoms with Gasteiger partial charge >= 0.3 is 0 Å². The number of benzene rings is 1. The molecule has 4 nitrogen and oxygen atoms in total. The van der Waals surface area contributed by atoms with E-state index >= 15 is 0 Å². The number of fused-ring (bicyclic) bond motifs is 1. The maximum Gasteiger partial charge on any atom is 0.252 e. The van der Waals surface area contributed by atoms with E-state index in [4.69, 9.17) is 11.6 Å². The molecule has 0 spiro atoms. The molecule has 2 heterocycles. The summed E-state index contributed by atoms with van der Waals surface area (Å²) in [4.78, 5) is 20.4. The normalized spacial score (nSPS) is 10.8. The van der Waals surface area contributed by atoms with Crippen molar-refractivity contribution >= 4 is 22.8 Å². The molecule has 0 saturated heterocycles. The summed E-state index contributed by atoms with van der Waals surface area (Å²) >= 11 is 6.17. The minimum Gasteiger partial charge on any atom is -0.295 e. The van der Waals surface area contributed by atoms with Crippen LogP contribution in [0.3, 0.4) is 0 Å². The van der Waals surface area contributed by atoms with Gasteiger partial charge in [0, 0.05) is 18.7 Å². The molecule has 0 aliphatic rings. The predicted molar refractivity (Wildman–Crippen MR) is 75.2 cm³/mol. The highest BCUT2D eigenvalue weighted by Crippen LogP contribution is 2.25. The number of halogens is 1. The Morgan fingerprint density at radius 2 is 1.79 bits per heavy atom. The molecule has 0 amide bonds. The fourth-order valence-electron chi connectivity index (χ4n) is 1.92. The topological polar surface area (TPSA) is 47.8 Å². The zero-order valence-corrected chi connectivity index (χ0v) is 10.9. The molecular formula is C14H10ClN3O. The lowest BCUT2D eigenvalue weighted by Crippen LogP contribution is -2.16. The molecule has 0 bridgehead atoms. The second-order valence-electron chi connectivity index (χ2n) is 4.17. The Bertz CT molecular complexity index is 812. The van der Waals surface area contributed by atoms with E-state index in [0.29, 0.717) is 22.0 Å². The lowest BCUT2D eigenvalue weighted by molar-refractivity contribution is 0.884. The molecule has 94 valence electrons. The van der Waals surface area contributed by atoms with E-state index in [1.807, 2.05) is 30.3 Å². The molecule has 5 heteroatoms. The van der Waals surface area contributed by atoms with Crippen LogP contribution in [0.2, 0.25) is 5.15 Å². The van der Waals surface area contributed by atoms with Gasteiger partial charge in [-0.2, -0.15) is 0 Å². The summed E-state index contributed by atoms with van der Waals surface area (Å²) in [5, 5.41) is 0.331. The molecule has 0 atom stereocenters. The van der Waals surface area contributed by atoms with Crippen molar-refractivity contribution in [2.24, 2.45) is 7.05 Å². The van der Waals surface area contributed by atoms with Crippen LogP contribution in [0.4, 0.5) is 0 Å². The van der Waals surface area contributed by atoms with Crippen molar-refractivity contribution in [1.29, 1.82) is 0 Å². The van der Waals surface area contributed by atoms with E-state index in [1.54, 1.807) is 13.1 Å². The van der Waals surface area contributed by atoms with Crippen molar-refractivity contribution in [3.05, 3.63) is 58.0 Å². The number of aryl methyl sites for hydroxylation is 1. The summed E-state index contributed by atoms with van der Waals surface area (Å²) in [6.07, 6.45) is 0. The minimum atomic E-state index is -0.122. The lowest BCUT2D eigenvalue weighted by Gasteiger charge is -2.07. The number of hydrogen-bond acceptors (Lipinski definition) is 3. The van der Waals surface area contributed by atoms with Gasteiger partial charge < -0.3 is 0 Å². The standard InChI is InChI=1S/C14H10ClN3O/c1-18-11(19)8-7-10-14(18)17-12(13(15)16-10)9-5-3-2-4-6-9/h2-8H,1H3. The highest BCUT2D eigenvalue weighted by Gasteiger charge is 2.10. The Morgan fingerprint density at radius 1 is 1.05 bits per heavy atom. The summed E-state index contributed by atoms with van der Waals surface area (Å²) in [6, 6.07) is 12.6. The van der Waals surface area contributed by atoms with E-state index in [-0.39, 0.29) is 5.56 Å². The smallest absolute Gasteiger partial charge is 0.252 e. The average molecular weight is 272 g/mol. The molecule has 19 heavy (non-hydrogen) atoms. The number of nitrogens with zero attached hydrogens (tertiary/aromatic N) is 3. The molecule has 0 aliphatic carbocycles. The monoisotopic (exact) mass is 271 g/mol. The highest BCUT2D eigenvalue weighted by atomic mass is 35.5. The maximum absolute atomic E-state index is 11.6. The van der Waals surface area contributed by atoms with Gasteiger partial charge in [0.2, 0.25) is 0 Å². The first-order valence-corrected chi connectivity index (χ1v) is 6.13. The van der Waals surface area contributed by atoms with Gasteiger partial charge in [0.05, 0.1) is 0 Å². The van der Waals surface area contributed by atoms with E-state index in [0.717, 1.165) is 5.56 Å². The van der Waals surface area contributed by atoms with Crippen LogP contribution in [0.1, 0.15) is 0 Å². The van der Waals surface area contributed by atoms with Crippen molar-refractivity contribution in [3.63, 3.8) is 0 Å². The fraction of sp³-hybridized carbons (Fsp3) is 0.0714. The first-order valence-electron chi connectivity index (χ1n) is 5.75. The summed E-state index contributed by atoms with van der Waals surface area (Å²) in [7, 11) is 1.67. The second kappa shape index (κ2) is 4.48. The summed E-state index contributed by atoms with van der Waals surface area (Å²) < 4.78 is 1.46. The molecule has 1 aromatic carbocycles. The van der Waals surface area contributed by atoms with Gasteiger partial charge in [-0.15, -0.1) is 0 Å². The Hall–Kier alpha value is -2.20.